The van der Waals surface area contributed by atoms with E-state index in [-0.39, 0.29) is 32.6 Å². The van der Waals surface area contributed by atoms with Gasteiger partial charge in [0.25, 0.3) is 0 Å². The third-order valence-electron chi connectivity index (χ3n) is 2.66. The molecule has 1 aromatic heterocycles. The van der Waals surface area contributed by atoms with E-state index in [9.17, 15) is 13.2 Å². The maximum atomic E-state index is 12.7. The van der Waals surface area contributed by atoms with Crippen molar-refractivity contribution in [3.8, 4) is 28.6 Å². The Bertz CT molecular complexity index is 815. The van der Waals surface area contributed by atoms with Gasteiger partial charge in [0.05, 0.1) is 26.9 Å². The van der Waals surface area contributed by atoms with Crippen LogP contribution in [-0.2, 0) is 6.18 Å². The summed E-state index contributed by atoms with van der Waals surface area (Å²) in [5.74, 6) is 2.43. The summed E-state index contributed by atoms with van der Waals surface area (Å²) in [5.41, 5.74) is -0.791. The SMILES string of the molecule is N#Cc1n[nH]c(-c2c(Cl)cc(C(F)(F)F)cc2Cl)c1C#CCl. The van der Waals surface area contributed by atoms with Gasteiger partial charge in [0.15, 0.2) is 5.69 Å². The number of hydrogen-bond acceptors (Lipinski definition) is 2. The molecule has 112 valence electrons. The minimum Gasteiger partial charge on any atom is -0.275 e. The first-order valence-electron chi connectivity index (χ1n) is 5.46. The number of nitriles is 1. The first-order chi connectivity index (χ1) is 10.3. The molecule has 0 aliphatic heterocycles. The predicted octanol–water partition coefficient (Wildman–Crippen LogP) is 4.82. The maximum absolute atomic E-state index is 12.7. The fraction of sp³-hybridized carbons (Fsp3) is 0.0769. The van der Waals surface area contributed by atoms with E-state index in [1.165, 1.54) is 0 Å². The molecule has 1 N–H and O–H groups in total. The number of rotatable bonds is 1. The fourth-order valence-electron chi connectivity index (χ4n) is 1.75. The Hall–Kier alpha value is -1.86. The van der Waals surface area contributed by atoms with E-state index in [2.05, 4.69) is 21.5 Å². The zero-order valence-electron chi connectivity index (χ0n) is 10.3. The Kier molecular flexibility index (Phi) is 4.58. The lowest BCUT2D eigenvalue weighted by atomic mass is 10.0. The predicted molar refractivity (Wildman–Crippen MR) is 76.5 cm³/mol. The van der Waals surface area contributed by atoms with Gasteiger partial charge in [-0.2, -0.15) is 23.5 Å². The largest absolute Gasteiger partial charge is 0.416 e. The van der Waals surface area contributed by atoms with Crippen molar-refractivity contribution >= 4 is 34.8 Å². The summed E-state index contributed by atoms with van der Waals surface area (Å²) >= 11 is 17.1. The van der Waals surface area contributed by atoms with Crippen molar-refractivity contribution in [1.29, 1.82) is 5.26 Å². The molecular weight excluding hydrogens is 362 g/mol. The van der Waals surface area contributed by atoms with Gasteiger partial charge in [-0.05, 0) is 29.7 Å². The summed E-state index contributed by atoms with van der Waals surface area (Å²) in [4.78, 5) is 0. The first kappa shape index (κ1) is 16.5. The molecule has 0 saturated heterocycles. The lowest BCUT2D eigenvalue weighted by Crippen LogP contribution is -2.05. The molecule has 0 radical (unpaired) electrons. The van der Waals surface area contributed by atoms with E-state index in [1.807, 2.05) is 0 Å². The Morgan fingerprint density at radius 1 is 1.18 bits per heavy atom. The van der Waals surface area contributed by atoms with Crippen molar-refractivity contribution in [1.82, 2.24) is 10.2 Å². The van der Waals surface area contributed by atoms with Crippen LogP contribution in [-0.4, -0.2) is 10.2 Å². The van der Waals surface area contributed by atoms with Crippen molar-refractivity contribution in [2.24, 2.45) is 0 Å². The van der Waals surface area contributed by atoms with E-state index >= 15 is 0 Å². The van der Waals surface area contributed by atoms with Crippen LogP contribution in [0, 0.1) is 22.6 Å². The van der Waals surface area contributed by atoms with Gasteiger partial charge < -0.3 is 0 Å². The van der Waals surface area contributed by atoms with Crippen LogP contribution in [0.15, 0.2) is 12.1 Å². The maximum Gasteiger partial charge on any atom is 0.416 e. The summed E-state index contributed by atoms with van der Waals surface area (Å²) < 4.78 is 38.2. The molecule has 2 aromatic rings. The van der Waals surface area contributed by atoms with E-state index in [0.717, 1.165) is 12.1 Å². The molecule has 0 aliphatic carbocycles. The molecule has 9 heteroatoms. The second-order valence-electron chi connectivity index (χ2n) is 3.97. The van der Waals surface area contributed by atoms with Crippen LogP contribution in [0.1, 0.15) is 16.8 Å². The van der Waals surface area contributed by atoms with Crippen LogP contribution in [0.4, 0.5) is 13.2 Å². The number of nitrogens with one attached hydrogen (secondary N) is 1. The molecule has 0 saturated carbocycles. The fourth-order valence-corrected chi connectivity index (χ4v) is 2.52. The van der Waals surface area contributed by atoms with E-state index in [1.54, 1.807) is 6.07 Å². The molecule has 2 rings (SSSR count). The highest BCUT2D eigenvalue weighted by Crippen LogP contribution is 2.41. The molecule has 0 aliphatic rings. The number of hydrogen-bond donors (Lipinski definition) is 1. The molecule has 3 nitrogen and oxygen atoms in total. The summed E-state index contributed by atoms with van der Waals surface area (Å²) in [7, 11) is 0. The number of aromatic nitrogens is 2. The van der Waals surface area contributed by atoms with Crippen LogP contribution in [0.5, 0.6) is 0 Å². The van der Waals surface area contributed by atoms with Gasteiger partial charge in [0.1, 0.15) is 6.07 Å². The number of H-pyrrole nitrogens is 1. The molecule has 1 heterocycles. The van der Waals surface area contributed by atoms with Gasteiger partial charge in [-0.1, -0.05) is 23.2 Å². The molecule has 0 unspecified atom stereocenters. The lowest BCUT2D eigenvalue weighted by Gasteiger charge is -2.11. The van der Waals surface area contributed by atoms with Gasteiger partial charge in [-0.3, -0.25) is 5.10 Å². The number of halogens is 6. The van der Waals surface area contributed by atoms with Crippen LogP contribution >= 0.6 is 34.8 Å². The zero-order chi connectivity index (χ0) is 16.5. The summed E-state index contributed by atoms with van der Waals surface area (Å²) in [6.45, 7) is 0. The highest BCUT2D eigenvalue weighted by atomic mass is 35.5. The number of alkyl halides is 3. The van der Waals surface area contributed by atoms with Gasteiger partial charge in [-0.15, -0.1) is 0 Å². The Balaban J connectivity index is 2.72. The Morgan fingerprint density at radius 2 is 1.77 bits per heavy atom. The monoisotopic (exact) mass is 363 g/mol. The minimum absolute atomic E-state index is 0.0553. The van der Waals surface area contributed by atoms with Gasteiger partial charge in [0.2, 0.25) is 0 Å². The number of nitrogens with zero attached hydrogens (tertiary/aromatic N) is 2. The van der Waals surface area contributed by atoms with E-state index < -0.39 is 11.7 Å². The molecule has 0 spiro atoms. The normalized spacial score (nSPS) is 10.8. The van der Waals surface area contributed by atoms with E-state index in [4.69, 9.17) is 40.1 Å². The smallest absolute Gasteiger partial charge is 0.275 e. The molecular formula is C13H3Cl3F3N3. The first-order valence-corrected chi connectivity index (χ1v) is 6.59. The highest BCUT2D eigenvalue weighted by molar-refractivity contribution is 6.39. The zero-order valence-corrected chi connectivity index (χ0v) is 12.6. The summed E-state index contributed by atoms with van der Waals surface area (Å²) in [6, 6.07) is 3.23. The van der Waals surface area contributed by atoms with Gasteiger partial charge >= 0.3 is 6.18 Å². The average molecular weight is 365 g/mol. The summed E-state index contributed by atoms with van der Waals surface area (Å²) in [5, 5.41) is 16.7. The van der Waals surface area contributed by atoms with Crippen molar-refractivity contribution in [3.63, 3.8) is 0 Å². The van der Waals surface area contributed by atoms with Crippen molar-refractivity contribution in [2.75, 3.05) is 0 Å². The molecule has 0 bridgehead atoms. The van der Waals surface area contributed by atoms with Crippen LogP contribution in [0.2, 0.25) is 10.0 Å². The topological polar surface area (TPSA) is 52.5 Å². The average Bonchev–Trinajstić information content (AvgIpc) is 2.80. The van der Waals surface area contributed by atoms with E-state index in [0.29, 0.717) is 0 Å². The standard InChI is InChI=1S/C13H3Cl3F3N3/c14-2-1-7-10(5-20)21-22-12(7)11-8(15)3-6(4-9(11)16)13(17,18)19/h3-4H,(H,21,22). The van der Waals surface area contributed by atoms with Crippen molar-refractivity contribution in [3.05, 3.63) is 39.0 Å². The van der Waals surface area contributed by atoms with Crippen molar-refractivity contribution in [2.45, 2.75) is 6.18 Å². The van der Waals surface area contributed by atoms with Crippen LogP contribution in [0.25, 0.3) is 11.3 Å². The second kappa shape index (κ2) is 6.10. The molecule has 22 heavy (non-hydrogen) atoms. The number of aromatic amines is 1. The molecule has 0 atom stereocenters. The minimum atomic E-state index is -4.59. The molecule has 0 fully saturated rings. The van der Waals surface area contributed by atoms with Gasteiger partial charge in [0, 0.05) is 10.9 Å². The van der Waals surface area contributed by atoms with Gasteiger partial charge in [-0.25, -0.2) is 0 Å². The Labute approximate surface area is 137 Å². The third kappa shape index (κ3) is 3.00. The summed E-state index contributed by atoms with van der Waals surface area (Å²) in [6.07, 6.45) is -4.59. The number of benzene rings is 1. The lowest BCUT2D eigenvalue weighted by molar-refractivity contribution is -0.137. The molecule has 1 aromatic carbocycles. The van der Waals surface area contributed by atoms with Crippen LogP contribution < -0.4 is 0 Å². The quantitative estimate of drug-likeness (QED) is 0.738. The second-order valence-corrected chi connectivity index (χ2v) is 4.97. The highest BCUT2D eigenvalue weighted by Gasteiger charge is 2.32. The Morgan fingerprint density at radius 3 is 2.23 bits per heavy atom. The molecule has 0 amide bonds. The van der Waals surface area contributed by atoms with Crippen LogP contribution in [0.3, 0.4) is 0 Å². The van der Waals surface area contributed by atoms with Crippen molar-refractivity contribution < 1.29 is 13.2 Å². The third-order valence-corrected chi connectivity index (χ3v) is 3.35.